The number of aromatic nitrogens is 1. The number of morpholine rings is 1. The zero-order chi connectivity index (χ0) is 18.2. The number of nitrogens with one attached hydrogen (secondary N) is 2. The summed E-state index contributed by atoms with van der Waals surface area (Å²) in [5, 5.41) is 6.26. The molecular weight excluding hydrogens is 328 g/mol. The normalized spacial score (nSPS) is 14.8. The smallest absolute Gasteiger partial charge is 0.252 e. The Balaban J connectivity index is 1.52. The first-order chi connectivity index (χ1) is 12.7. The molecule has 1 fully saturated rings. The zero-order valence-corrected chi connectivity index (χ0v) is 15.2. The Morgan fingerprint density at radius 3 is 2.65 bits per heavy atom. The molecule has 1 amide bonds. The van der Waals surface area contributed by atoms with Crippen molar-refractivity contribution in [3.63, 3.8) is 0 Å². The lowest BCUT2D eigenvalue weighted by Crippen LogP contribution is -2.41. The van der Waals surface area contributed by atoms with Crippen LogP contribution >= 0.6 is 0 Å². The van der Waals surface area contributed by atoms with Gasteiger partial charge in [-0.15, -0.1) is 0 Å². The summed E-state index contributed by atoms with van der Waals surface area (Å²) in [6.45, 7) is 6.98. The van der Waals surface area contributed by atoms with Crippen LogP contribution < -0.4 is 10.6 Å². The number of hydrogen-bond donors (Lipinski definition) is 2. The standard InChI is InChI=1S/C20H26N4O2/c1-2-16-3-5-18(6-4-16)23-19-13-17(14-21-15-19)20(25)22-7-8-24-9-11-26-12-10-24/h3-6,13-15,23H,2,7-12H2,1H3,(H,22,25). The molecule has 0 unspecified atom stereocenters. The number of ether oxygens (including phenoxy) is 1. The molecule has 1 aliphatic heterocycles. The van der Waals surface area contributed by atoms with Crippen molar-refractivity contribution in [2.45, 2.75) is 13.3 Å². The van der Waals surface area contributed by atoms with Crippen LogP contribution in [0.25, 0.3) is 0 Å². The fourth-order valence-corrected chi connectivity index (χ4v) is 2.88. The minimum Gasteiger partial charge on any atom is -0.379 e. The Kier molecular flexibility index (Phi) is 6.57. The van der Waals surface area contributed by atoms with E-state index >= 15 is 0 Å². The van der Waals surface area contributed by atoms with Crippen LogP contribution in [0.2, 0.25) is 0 Å². The quantitative estimate of drug-likeness (QED) is 0.799. The number of anilines is 2. The van der Waals surface area contributed by atoms with Crippen LogP contribution in [0.15, 0.2) is 42.7 Å². The molecule has 2 heterocycles. The van der Waals surface area contributed by atoms with E-state index in [2.05, 4.69) is 39.6 Å². The van der Waals surface area contributed by atoms with E-state index in [1.807, 2.05) is 18.2 Å². The van der Waals surface area contributed by atoms with Gasteiger partial charge in [0.2, 0.25) is 0 Å². The Morgan fingerprint density at radius 1 is 1.15 bits per heavy atom. The summed E-state index contributed by atoms with van der Waals surface area (Å²) in [6.07, 6.45) is 4.33. The summed E-state index contributed by atoms with van der Waals surface area (Å²) in [5.74, 6) is -0.101. The van der Waals surface area contributed by atoms with Gasteiger partial charge in [-0.2, -0.15) is 0 Å². The highest BCUT2D eigenvalue weighted by Crippen LogP contribution is 2.17. The molecule has 138 valence electrons. The largest absolute Gasteiger partial charge is 0.379 e. The summed E-state index contributed by atoms with van der Waals surface area (Å²) in [7, 11) is 0. The van der Waals surface area contributed by atoms with Crippen LogP contribution in [0.5, 0.6) is 0 Å². The topological polar surface area (TPSA) is 66.5 Å². The van der Waals surface area contributed by atoms with E-state index in [1.165, 1.54) is 5.56 Å². The predicted molar refractivity (Wildman–Crippen MR) is 103 cm³/mol. The summed E-state index contributed by atoms with van der Waals surface area (Å²) >= 11 is 0. The molecule has 3 rings (SSSR count). The highest BCUT2D eigenvalue weighted by molar-refractivity contribution is 5.94. The number of hydrogen-bond acceptors (Lipinski definition) is 5. The lowest BCUT2D eigenvalue weighted by Gasteiger charge is -2.26. The van der Waals surface area contributed by atoms with Crippen molar-refractivity contribution >= 4 is 17.3 Å². The molecular formula is C20H26N4O2. The first-order valence-corrected chi connectivity index (χ1v) is 9.14. The number of carbonyl (C=O) groups is 1. The van der Waals surface area contributed by atoms with Crippen LogP contribution in [0.3, 0.4) is 0 Å². The fourth-order valence-electron chi connectivity index (χ4n) is 2.88. The fraction of sp³-hybridized carbons (Fsp3) is 0.400. The first kappa shape index (κ1) is 18.4. The van der Waals surface area contributed by atoms with E-state index in [0.717, 1.165) is 50.6 Å². The van der Waals surface area contributed by atoms with E-state index < -0.39 is 0 Å². The van der Waals surface area contributed by atoms with Crippen molar-refractivity contribution in [2.75, 3.05) is 44.7 Å². The van der Waals surface area contributed by atoms with Gasteiger partial charge < -0.3 is 15.4 Å². The Labute approximate surface area is 154 Å². The molecule has 6 heteroatoms. The lowest BCUT2D eigenvalue weighted by atomic mass is 10.1. The molecule has 1 aromatic heterocycles. The maximum atomic E-state index is 12.4. The van der Waals surface area contributed by atoms with E-state index in [4.69, 9.17) is 4.74 Å². The van der Waals surface area contributed by atoms with Gasteiger partial charge in [0.1, 0.15) is 0 Å². The molecule has 0 aliphatic carbocycles. The Hall–Kier alpha value is -2.44. The average molecular weight is 354 g/mol. The molecule has 1 aromatic carbocycles. The molecule has 0 atom stereocenters. The van der Waals surface area contributed by atoms with Crippen molar-refractivity contribution in [3.8, 4) is 0 Å². The van der Waals surface area contributed by atoms with Gasteiger partial charge in [-0.05, 0) is 30.2 Å². The van der Waals surface area contributed by atoms with E-state index in [0.29, 0.717) is 12.1 Å². The number of benzene rings is 1. The van der Waals surface area contributed by atoms with Crippen molar-refractivity contribution in [1.29, 1.82) is 0 Å². The monoisotopic (exact) mass is 354 g/mol. The van der Waals surface area contributed by atoms with Gasteiger partial charge >= 0.3 is 0 Å². The number of rotatable bonds is 7. The van der Waals surface area contributed by atoms with Crippen LogP contribution in [0, 0.1) is 0 Å². The van der Waals surface area contributed by atoms with Crippen molar-refractivity contribution in [2.24, 2.45) is 0 Å². The second kappa shape index (κ2) is 9.31. The van der Waals surface area contributed by atoms with Crippen LogP contribution in [-0.4, -0.2) is 55.2 Å². The molecule has 0 spiro atoms. The van der Waals surface area contributed by atoms with Gasteiger partial charge in [0.25, 0.3) is 5.91 Å². The van der Waals surface area contributed by atoms with Gasteiger partial charge in [0.15, 0.2) is 0 Å². The van der Waals surface area contributed by atoms with Gasteiger partial charge in [-0.25, -0.2) is 0 Å². The summed E-state index contributed by atoms with van der Waals surface area (Å²) in [4.78, 5) is 18.8. The molecule has 1 saturated heterocycles. The highest BCUT2D eigenvalue weighted by atomic mass is 16.5. The summed E-state index contributed by atoms with van der Waals surface area (Å²) in [6, 6.07) is 10.1. The third kappa shape index (κ3) is 5.28. The minimum absolute atomic E-state index is 0.101. The average Bonchev–Trinajstić information content (AvgIpc) is 2.69. The lowest BCUT2D eigenvalue weighted by molar-refractivity contribution is 0.0383. The van der Waals surface area contributed by atoms with E-state index in [-0.39, 0.29) is 5.91 Å². The highest BCUT2D eigenvalue weighted by Gasteiger charge is 2.11. The number of nitrogens with zero attached hydrogens (tertiary/aromatic N) is 2. The Morgan fingerprint density at radius 2 is 1.92 bits per heavy atom. The second-order valence-electron chi connectivity index (χ2n) is 6.35. The number of amides is 1. The third-order valence-corrected chi connectivity index (χ3v) is 4.47. The molecule has 26 heavy (non-hydrogen) atoms. The van der Waals surface area contributed by atoms with E-state index in [1.54, 1.807) is 12.4 Å². The Bertz CT molecular complexity index is 712. The minimum atomic E-state index is -0.101. The zero-order valence-electron chi connectivity index (χ0n) is 15.2. The maximum absolute atomic E-state index is 12.4. The summed E-state index contributed by atoms with van der Waals surface area (Å²) < 4.78 is 5.33. The molecule has 6 nitrogen and oxygen atoms in total. The van der Waals surface area contributed by atoms with Crippen molar-refractivity contribution in [3.05, 3.63) is 53.9 Å². The molecule has 0 radical (unpaired) electrons. The number of carbonyl (C=O) groups excluding carboxylic acids is 1. The van der Waals surface area contributed by atoms with Gasteiger partial charge in [-0.3, -0.25) is 14.7 Å². The SMILES string of the molecule is CCc1ccc(Nc2cncc(C(=O)NCCN3CCOCC3)c2)cc1. The maximum Gasteiger partial charge on any atom is 0.252 e. The summed E-state index contributed by atoms with van der Waals surface area (Å²) in [5.41, 5.74) is 3.63. The van der Waals surface area contributed by atoms with Crippen LogP contribution in [-0.2, 0) is 11.2 Å². The molecule has 0 bridgehead atoms. The number of aryl methyl sites for hydroxylation is 1. The molecule has 2 aromatic rings. The molecule has 2 N–H and O–H groups in total. The van der Waals surface area contributed by atoms with Gasteiger partial charge in [0.05, 0.1) is 30.7 Å². The first-order valence-electron chi connectivity index (χ1n) is 9.14. The van der Waals surface area contributed by atoms with Crippen molar-refractivity contribution in [1.82, 2.24) is 15.2 Å². The van der Waals surface area contributed by atoms with E-state index in [9.17, 15) is 4.79 Å². The van der Waals surface area contributed by atoms with Gasteiger partial charge in [0, 0.05) is 38.1 Å². The van der Waals surface area contributed by atoms with Crippen molar-refractivity contribution < 1.29 is 9.53 Å². The third-order valence-electron chi connectivity index (χ3n) is 4.47. The van der Waals surface area contributed by atoms with Crippen LogP contribution in [0.1, 0.15) is 22.8 Å². The molecule has 1 aliphatic rings. The number of pyridine rings is 1. The second-order valence-corrected chi connectivity index (χ2v) is 6.35. The van der Waals surface area contributed by atoms with Crippen LogP contribution in [0.4, 0.5) is 11.4 Å². The molecule has 0 saturated carbocycles. The predicted octanol–water partition coefficient (Wildman–Crippen LogP) is 2.45. The van der Waals surface area contributed by atoms with Gasteiger partial charge in [-0.1, -0.05) is 19.1 Å².